The first-order valence-electron chi connectivity index (χ1n) is 13.0. The maximum Gasteiger partial charge on any atom is 0.274 e. The molecule has 2 saturated carbocycles. The average Bonchev–Trinajstić information content (AvgIpc) is 3.34. The van der Waals surface area contributed by atoms with Crippen LogP contribution in [0.1, 0.15) is 67.8 Å². The zero-order chi connectivity index (χ0) is 25.9. The molecule has 0 aromatic carbocycles. The Morgan fingerprint density at radius 1 is 1.19 bits per heavy atom. The van der Waals surface area contributed by atoms with Crippen LogP contribution >= 0.6 is 0 Å². The number of fused-ring (bicyclic) bond motifs is 1. The number of nitrogens with zero attached hydrogens (tertiary/aromatic N) is 4. The zero-order valence-corrected chi connectivity index (χ0v) is 21.3. The van der Waals surface area contributed by atoms with Gasteiger partial charge in [-0.25, -0.2) is 4.98 Å². The predicted octanol–water partition coefficient (Wildman–Crippen LogP) is 2.84. The van der Waals surface area contributed by atoms with E-state index in [1.165, 1.54) is 6.20 Å². The number of amides is 1. The second-order valence-electron chi connectivity index (χ2n) is 9.94. The van der Waals surface area contributed by atoms with Crippen molar-refractivity contribution >= 4 is 28.9 Å². The van der Waals surface area contributed by atoms with E-state index in [4.69, 9.17) is 4.74 Å². The molecule has 1 unspecified atom stereocenters. The van der Waals surface area contributed by atoms with Crippen LogP contribution in [0.25, 0.3) is 5.65 Å². The summed E-state index contributed by atoms with van der Waals surface area (Å²) < 4.78 is 8.67. The largest absolute Gasteiger partial charge is 0.391 e. The minimum Gasteiger partial charge on any atom is -0.391 e. The summed E-state index contributed by atoms with van der Waals surface area (Å²) in [6, 6.07) is 5.01. The van der Waals surface area contributed by atoms with Crippen molar-refractivity contribution in [2.45, 2.75) is 75.7 Å². The topological polar surface area (TPSA) is 135 Å². The Labute approximate surface area is 215 Å². The number of nitrogens with one attached hydrogen (secondary N) is 3. The number of methoxy groups -OCH3 is 1. The van der Waals surface area contributed by atoms with Crippen LogP contribution < -0.4 is 21.5 Å². The molecule has 0 aliphatic heterocycles. The van der Waals surface area contributed by atoms with Gasteiger partial charge in [0.25, 0.3) is 11.5 Å². The van der Waals surface area contributed by atoms with E-state index in [1.54, 1.807) is 47.6 Å². The minimum atomic E-state index is -0.539. The van der Waals surface area contributed by atoms with Crippen molar-refractivity contribution in [1.29, 1.82) is 0 Å². The minimum absolute atomic E-state index is 0.0316. The Kier molecular flexibility index (Phi) is 7.43. The quantitative estimate of drug-likeness (QED) is 0.382. The fourth-order valence-corrected chi connectivity index (χ4v) is 5.54. The van der Waals surface area contributed by atoms with E-state index in [0.717, 1.165) is 44.9 Å². The van der Waals surface area contributed by atoms with Crippen LogP contribution in [0.5, 0.6) is 0 Å². The average molecular weight is 510 g/mol. The number of anilines is 3. The molecule has 3 aromatic heterocycles. The highest BCUT2D eigenvalue weighted by molar-refractivity contribution is 6.00. The van der Waals surface area contributed by atoms with Crippen molar-refractivity contribution in [2.75, 3.05) is 24.8 Å². The highest BCUT2D eigenvalue weighted by atomic mass is 16.5. The number of carbonyl (C=O) groups is 1. The Bertz CT molecular complexity index is 1320. The Hall–Kier alpha value is -3.44. The summed E-state index contributed by atoms with van der Waals surface area (Å²) in [5.41, 5.74) is 0.857. The number of ether oxygens (including phenoxy) is 1. The summed E-state index contributed by atoms with van der Waals surface area (Å²) in [7, 11) is 3.46. The first kappa shape index (κ1) is 25.2. The summed E-state index contributed by atoms with van der Waals surface area (Å²) in [6.45, 7) is 0. The molecule has 3 heterocycles. The monoisotopic (exact) mass is 509 g/mol. The lowest BCUT2D eigenvalue weighted by atomic mass is 9.92. The van der Waals surface area contributed by atoms with E-state index in [2.05, 4.69) is 26.0 Å². The Morgan fingerprint density at radius 2 is 2.03 bits per heavy atom. The molecule has 0 spiro atoms. The van der Waals surface area contributed by atoms with Crippen molar-refractivity contribution < 1.29 is 14.6 Å². The van der Waals surface area contributed by atoms with Gasteiger partial charge >= 0.3 is 0 Å². The molecule has 198 valence electrons. The summed E-state index contributed by atoms with van der Waals surface area (Å²) in [5, 5.41) is 24.2. The van der Waals surface area contributed by atoms with Gasteiger partial charge in [0, 0.05) is 32.5 Å². The number of rotatable bonds is 7. The third kappa shape index (κ3) is 5.19. The Balaban J connectivity index is 1.42. The van der Waals surface area contributed by atoms with Crippen LogP contribution in [0.2, 0.25) is 0 Å². The molecule has 4 N–H and O–H groups in total. The van der Waals surface area contributed by atoms with Gasteiger partial charge in [-0.05, 0) is 50.7 Å². The fraction of sp³-hybridized carbons (Fsp3) is 0.538. The molecule has 2 aliphatic rings. The van der Waals surface area contributed by atoms with Crippen LogP contribution in [0.4, 0.5) is 17.3 Å². The van der Waals surface area contributed by atoms with Crippen molar-refractivity contribution in [3.8, 4) is 0 Å². The maximum atomic E-state index is 13.3. The van der Waals surface area contributed by atoms with E-state index in [-0.39, 0.29) is 29.7 Å². The van der Waals surface area contributed by atoms with Gasteiger partial charge in [0.1, 0.15) is 22.9 Å². The first-order valence-corrected chi connectivity index (χ1v) is 13.0. The number of pyridine rings is 1. The first-order chi connectivity index (χ1) is 18.0. The fourth-order valence-electron chi connectivity index (χ4n) is 5.54. The molecule has 4 atom stereocenters. The molecule has 11 heteroatoms. The van der Waals surface area contributed by atoms with E-state index in [1.807, 2.05) is 0 Å². The summed E-state index contributed by atoms with van der Waals surface area (Å²) in [5.74, 6) is 0.780. The van der Waals surface area contributed by atoms with Gasteiger partial charge in [0.15, 0.2) is 5.65 Å². The van der Waals surface area contributed by atoms with Crippen LogP contribution in [0.15, 0.2) is 35.4 Å². The lowest BCUT2D eigenvalue weighted by molar-refractivity contribution is 0.0563. The lowest BCUT2D eigenvalue weighted by Crippen LogP contribution is -2.40. The Morgan fingerprint density at radius 3 is 2.81 bits per heavy atom. The van der Waals surface area contributed by atoms with Gasteiger partial charge in [0.05, 0.1) is 24.4 Å². The molecule has 11 nitrogen and oxygen atoms in total. The van der Waals surface area contributed by atoms with Crippen LogP contribution in [-0.4, -0.2) is 62.6 Å². The van der Waals surface area contributed by atoms with Crippen molar-refractivity contribution in [2.24, 2.45) is 0 Å². The van der Waals surface area contributed by atoms with E-state index in [9.17, 15) is 14.7 Å². The van der Waals surface area contributed by atoms with Crippen molar-refractivity contribution in [3.05, 3.63) is 46.5 Å². The molecule has 5 rings (SSSR count). The van der Waals surface area contributed by atoms with Gasteiger partial charge in [-0.3, -0.25) is 9.59 Å². The molecule has 2 fully saturated rings. The van der Waals surface area contributed by atoms with Crippen molar-refractivity contribution in [1.82, 2.24) is 24.5 Å². The number of carbonyl (C=O) groups excluding carboxylic acids is 1. The third-order valence-electron chi connectivity index (χ3n) is 7.56. The van der Waals surface area contributed by atoms with Crippen LogP contribution in [-0.2, 0) is 4.74 Å². The summed E-state index contributed by atoms with van der Waals surface area (Å²) >= 11 is 0. The van der Waals surface area contributed by atoms with Crippen LogP contribution in [0.3, 0.4) is 0 Å². The standard InChI is InChI=1S/C26H35N7O4/c1-27-23-14-22(30-19-9-6-12-32(26(19)36)20-10-3-4-11-21(20)34)31-24-18(15-28-33(23)24)25(35)29-16-7-5-8-17(13-16)37-2/h6,9,12,14-17,20-21,27,34H,3-5,7-8,10-11,13H2,1-2H3,(H,29,35)(H,30,31)/t16?,17-,20+,21-/m0/s1. The second-order valence-corrected chi connectivity index (χ2v) is 9.94. The number of hydrogen-bond donors (Lipinski definition) is 4. The van der Waals surface area contributed by atoms with Gasteiger partial charge in [0.2, 0.25) is 0 Å². The van der Waals surface area contributed by atoms with Gasteiger partial charge in [-0.2, -0.15) is 9.61 Å². The molecule has 3 aromatic rings. The number of aromatic nitrogens is 4. The maximum absolute atomic E-state index is 13.3. The van der Waals surface area contributed by atoms with Gasteiger partial charge < -0.3 is 30.4 Å². The van der Waals surface area contributed by atoms with E-state index >= 15 is 0 Å². The second kappa shape index (κ2) is 10.9. The van der Waals surface area contributed by atoms with E-state index < -0.39 is 6.10 Å². The third-order valence-corrected chi connectivity index (χ3v) is 7.56. The molecule has 2 aliphatic carbocycles. The predicted molar refractivity (Wildman–Crippen MR) is 141 cm³/mol. The highest BCUT2D eigenvalue weighted by Gasteiger charge is 2.27. The lowest BCUT2D eigenvalue weighted by Gasteiger charge is -2.29. The molecule has 37 heavy (non-hydrogen) atoms. The smallest absolute Gasteiger partial charge is 0.274 e. The normalized spacial score (nSPS) is 24.1. The SMILES string of the molecule is CNc1cc(Nc2cccn([C@@H]3CCCC[C@@H]3O)c2=O)nc2c(C(=O)NC3CCC[C@H](OC)C3)cnn12. The highest BCUT2D eigenvalue weighted by Crippen LogP contribution is 2.28. The summed E-state index contributed by atoms with van der Waals surface area (Å²) in [4.78, 5) is 31.1. The molecular formula is C26H35N7O4. The number of aliphatic hydroxyl groups is 1. The summed E-state index contributed by atoms with van der Waals surface area (Å²) in [6.07, 6.45) is 9.94. The molecule has 0 radical (unpaired) electrons. The zero-order valence-electron chi connectivity index (χ0n) is 21.3. The molecule has 0 saturated heterocycles. The number of hydrogen-bond acceptors (Lipinski definition) is 8. The van der Waals surface area contributed by atoms with Gasteiger partial charge in [-0.1, -0.05) is 12.8 Å². The molecular weight excluding hydrogens is 474 g/mol. The number of aliphatic hydroxyl groups excluding tert-OH is 1. The van der Waals surface area contributed by atoms with Gasteiger partial charge in [-0.15, -0.1) is 0 Å². The molecule has 0 bridgehead atoms. The van der Waals surface area contributed by atoms with E-state index in [0.29, 0.717) is 35.0 Å². The molecule has 1 amide bonds. The van der Waals surface area contributed by atoms with Crippen LogP contribution in [0, 0.1) is 0 Å². The van der Waals surface area contributed by atoms with Crippen molar-refractivity contribution in [3.63, 3.8) is 0 Å².